The van der Waals surface area contributed by atoms with Gasteiger partial charge in [-0.2, -0.15) is 0 Å². The molecule has 0 bridgehead atoms. The summed E-state index contributed by atoms with van der Waals surface area (Å²) in [5, 5.41) is 0. The maximum absolute atomic E-state index is 12.2. The number of likely N-dealkylation sites (tertiary alicyclic amines) is 1. The molecule has 0 spiro atoms. The minimum absolute atomic E-state index is 0.0305. The molecular formula is C16H21NO3. The van der Waals surface area contributed by atoms with Crippen LogP contribution in [0.15, 0.2) is 30.3 Å². The lowest BCUT2D eigenvalue weighted by Crippen LogP contribution is -2.43. The monoisotopic (exact) mass is 275 g/mol. The van der Waals surface area contributed by atoms with Crippen LogP contribution in [0.3, 0.4) is 0 Å². The van der Waals surface area contributed by atoms with Crippen LogP contribution >= 0.6 is 0 Å². The van der Waals surface area contributed by atoms with Crippen LogP contribution in [0, 0.1) is 5.92 Å². The molecule has 2 rings (SSSR count). The van der Waals surface area contributed by atoms with Crippen molar-refractivity contribution in [3.63, 3.8) is 0 Å². The van der Waals surface area contributed by atoms with Crippen molar-refractivity contribution in [3.8, 4) is 0 Å². The second kappa shape index (κ2) is 6.07. The van der Waals surface area contributed by atoms with E-state index < -0.39 is 6.04 Å². The fourth-order valence-electron chi connectivity index (χ4n) is 2.94. The van der Waals surface area contributed by atoms with Gasteiger partial charge in [0.15, 0.2) is 0 Å². The Bertz CT molecular complexity index is 484. The number of carbonyl (C=O) groups excluding carboxylic acids is 2. The first-order chi connectivity index (χ1) is 9.56. The van der Waals surface area contributed by atoms with Crippen LogP contribution in [0.1, 0.15) is 38.3 Å². The summed E-state index contributed by atoms with van der Waals surface area (Å²) in [4.78, 5) is 25.9. The van der Waals surface area contributed by atoms with E-state index in [4.69, 9.17) is 4.74 Å². The van der Waals surface area contributed by atoms with E-state index in [9.17, 15) is 9.59 Å². The van der Waals surface area contributed by atoms with E-state index in [2.05, 4.69) is 13.8 Å². The Morgan fingerprint density at radius 2 is 1.95 bits per heavy atom. The van der Waals surface area contributed by atoms with E-state index in [1.54, 1.807) is 4.90 Å². The lowest BCUT2D eigenvalue weighted by atomic mass is 9.93. The van der Waals surface area contributed by atoms with Crippen molar-refractivity contribution in [1.29, 1.82) is 0 Å². The normalized spacial score (nSPS) is 20.3. The van der Waals surface area contributed by atoms with E-state index in [0.717, 1.165) is 5.56 Å². The molecular weight excluding hydrogens is 254 g/mol. The molecule has 1 aromatic carbocycles. The van der Waals surface area contributed by atoms with Gasteiger partial charge < -0.3 is 9.64 Å². The Hall–Kier alpha value is -1.84. The average Bonchev–Trinajstić information content (AvgIpc) is 2.81. The Morgan fingerprint density at radius 3 is 2.50 bits per heavy atom. The van der Waals surface area contributed by atoms with Crippen LogP contribution in [-0.4, -0.2) is 29.9 Å². The van der Waals surface area contributed by atoms with Crippen molar-refractivity contribution < 1.29 is 14.3 Å². The minimum atomic E-state index is -0.458. The summed E-state index contributed by atoms with van der Waals surface area (Å²) in [6.45, 7) is 4.13. The highest BCUT2D eigenvalue weighted by Gasteiger charge is 2.42. The largest absolute Gasteiger partial charge is 0.467 e. The molecule has 0 aliphatic carbocycles. The smallest absolute Gasteiger partial charge is 0.328 e. The first-order valence-electron chi connectivity index (χ1n) is 7.00. The van der Waals surface area contributed by atoms with Gasteiger partial charge in [0.05, 0.1) is 13.2 Å². The van der Waals surface area contributed by atoms with Gasteiger partial charge in [0.25, 0.3) is 0 Å². The van der Waals surface area contributed by atoms with Crippen molar-refractivity contribution in [1.82, 2.24) is 4.90 Å². The van der Waals surface area contributed by atoms with Crippen LogP contribution in [0.5, 0.6) is 0 Å². The van der Waals surface area contributed by atoms with Crippen LogP contribution in [0.4, 0.5) is 0 Å². The highest BCUT2D eigenvalue weighted by Crippen LogP contribution is 2.35. The fraction of sp³-hybridized carbons (Fsp3) is 0.500. The van der Waals surface area contributed by atoms with Gasteiger partial charge in [-0.15, -0.1) is 0 Å². The predicted molar refractivity (Wildman–Crippen MR) is 75.9 cm³/mol. The first kappa shape index (κ1) is 14.6. The maximum atomic E-state index is 12.2. The van der Waals surface area contributed by atoms with Crippen LogP contribution in [0.2, 0.25) is 0 Å². The zero-order valence-corrected chi connectivity index (χ0v) is 12.2. The maximum Gasteiger partial charge on any atom is 0.328 e. The molecule has 0 aromatic heterocycles. The first-order valence-corrected chi connectivity index (χ1v) is 7.00. The van der Waals surface area contributed by atoms with E-state index in [1.807, 2.05) is 30.3 Å². The van der Waals surface area contributed by atoms with Crippen molar-refractivity contribution in [2.24, 2.45) is 5.92 Å². The van der Waals surface area contributed by atoms with Gasteiger partial charge in [0, 0.05) is 6.42 Å². The minimum Gasteiger partial charge on any atom is -0.467 e. The Balaban J connectivity index is 2.37. The zero-order valence-electron chi connectivity index (χ0n) is 12.2. The third-order valence-corrected chi connectivity index (χ3v) is 3.80. The second-order valence-corrected chi connectivity index (χ2v) is 5.48. The number of benzene rings is 1. The van der Waals surface area contributed by atoms with Crippen LogP contribution < -0.4 is 0 Å². The van der Waals surface area contributed by atoms with Crippen molar-refractivity contribution in [2.45, 2.75) is 38.8 Å². The topological polar surface area (TPSA) is 46.6 Å². The quantitative estimate of drug-likeness (QED) is 0.793. The molecule has 1 fully saturated rings. The fourth-order valence-corrected chi connectivity index (χ4v) is 2.94. The molecule has 4 nitrogen and oxygen atoms in total. The number of rotatable bonds is 4. The molecule has 20 heavy (non-hydrogen) atoms. The lowest BCUT2D eigenvalue weighted by Gasteiger charge is -2.35. The number of carbonyl (C=O) groups is 2. The van der Waals surface area contributed by atoms with Gasteiger partial charge in [0.2, 0.25) is 5.91 Å². The van der Waals surface area contributed by atoms with Crippen molar-refractivity contribution >= 4 is 11.9 Å². The summed E-state index contributed by atoms with van der Waals surface area (Å²) in [7, 11) is 1.37. The molecule has 1 amide bonds. The highest BCUT2D eigenvalue weighted by atomic mass is 16.5. The van der Waals surface area contributed by atoms with Crippen LogP contribution in [-0.2, 0) is 14.3 Å². The molecule has 1 saturated heterocycles. The molecule has 0 radical (unpaired) electrons. The van der Waals surface area contributed by atoms with E-state index in [1.165, 1.54) is 7.11 Å². The Labute approximate surface area is 119 Å². The molecule has 1 heterocycles. The molecule has 0 saturated carbocycles. The highest BCUT2D eigenvalue weighted by molar-refractivity contribution is 5.88. The lowest BCUT2D eigenvalue weighted by molar-refractivity contribution is -0.151. The Morgan fingerprint density at radius 1 is 1.30 bits per heavy atom. The number of ether oxygens (including phenoxy) is 1. The predicted octanol–water partition coefficient (Wildman–Crippen LogP) is 2.55. The summed E-state index contributed by atoms with van der Waals surface area (Å²) in [6, 6.07) is 9.33. The average molecular weight is 275 g/mol. The third-order valence-electron chi connectivity index (χ3n) is 3.80. The molecule has 108 valence electrons. The van der Waals surface area contributed by atoms with Gasteiger partial charge in [-0.3, -0.25) is 4.79 Å². The molecule has 2 unspecified atom stereocenters. The van der Waals surface area contributed by atoms with Gasteiger partial charge in [0.1, 0.15) is 6.04 Å². The molecule has 1 aromatic rings. The Kier molecular flexibility index (Phi) is 4.42. The van der Waals surface area contributed by atoms with Crippen molar-refractivity contribution in [2.75, 3.05) is 7.11 Å². The van der Waals surface area contributed by atoms with Gasteiger partial charge in [-0.1, -0.05) is 44.2 Å². The van der Waals surface area contributed by atoms with E-state index in [0.29, 0.717) is 12.8 Å². The van der Waals surface area contributed by atoms with E-state index >= 15 is 0 Å². The number of amides is 1. The van der Waals surface area contributed by atoms with Gasteiger partial charge >= 0.3 is 5.97 Å². The number of hydrogen-bond donors (Lipinski definition) is 0. The zero-order chi connectivity index (χ0) is 14.7. The second-order valence-electron chi connectivity index (χ2n) is 5.48. The third kappa shape index (κ3) is 2.69. The molecule has 0 N–H and O–H groups in total. The molecule has 4 heteroatoms. The number of esters is 1. The van der Waals surface area contributed by atoms with Gasteiger partial charge in [-0.05, 0) is 17.9 Å². The number of nitrogens with zero attached hydrogens (tertiary/aromatic N) is 1. The standard InChI is InChI=1S/C16H21NO3/c1-11(2)15(12-7-5-4-6-8-12)17-13(16(19)20-3)9-10-14(17)18/h4-8,11,13,15H,9-10H2,1-3H3. The summed E-state index contributed by atoms with van der Waals surface area (Å²) in [6.07, 6.45) is 0.956. The SMILES string of the molecule is COC(=O)C1CCC(=O)N1C(c1ccccc1)C(C)C. The van der Waals surface area contributed by atoms with Gasteiger partial charge in [-0.25, -0.2) is 4.79 Å². The number of hydrogen-bond acceptors (Lipinski definition) is 3. The molecule has 1 aliphatic heterocycles. The molecule has 1 aliphatic rings. The van der Waals surface area contributed by atoms with E-state index in [-0.39, 0.29) is 23.8 Å². The van der Waals surface area contributed by atoms with Crippen LogP contribution in [0.25, 0.3) is 0 Å². The summed E-state index contributed by atoms with van der Waals surface area (Å²) < 4.78 is 4.85. The summed E-state index contributed by atoms with van der Waals surface area (Å²) >= 11 is 0. The summed E-state index contributed by atoms with van der Waals surface area (Å²) in [5.74, 6) is -0.0630. The summed E-state index contributed by atoms with van der Waals surface area (Å²) in [5.41, 5.74) is 1.06. The van der Waals surface area contributed by atoms with Crippen molar-refractivity contribution in [3.05, 3.63) is 35.9 Å². The molecule has 2 atom stereocenters. The number of methoxy groups -OCH3 is 1.